The molecule has 7 nitrogen and oxygen atoms in total. The molecule has 0 radical (unpaired) electrons. The highest BCUT2D eigenvalue weighted by molar-refractivity contribution is 5.90. The van der Waals surface area contributed by atoms with E-state index >= 15 is 0 Å². The first-order valence-corrected chi connectivity index (χ1v) is 6.87. The van der Waals surface area contributed by atoms with Crippen LogP contribution in [0.15, 0.2) is 35.4 Å². The summed E-state index contributed by atoms with van der Waals surface area (Å²) in [6.07, 6.45) is 5.28. The maximum Gasteiger partial charge on any atom is 0.289 e. The summed E-state index contributed by atoms with van der Waals surface area (Å²) in [5.74, 6) is 0.246. The number of carbonyl (C=O) groups is 1. The van der Waals surface area contributed by atoms with E-state index in [0.29, 0.717) is 19.0 Å². The Morgan fingerprint density at radius 1 is 1.29 bits per heavy atom. The molecule has 1 aliphatic carbocycles. The van der Waals surface area contributed by atoms with Crippen LogP contribution in [0.5, 0.6) is 0 Å². The van der Waals surface area contributed by atoms with Gasteiger partial charge in [-0.3, -0.25) is 9.59 Å². The van der Waals surface area contributed by atoms with E-state index in [0.717, 1.165) is 18.5 Å². The SMILES string of the molecule is O=C(NCCn1nc(C2CC2)ccc1=O)c1ncccn1. The molecule has 7 heteroatoms. The number of nitrogens with one attached hydrogen (secondary N) is 1. The van der Waals surface area contributed by atoms with Gasteiger partial charge in [0.15, 0.2) is 0 Å². The molecule has 0 atom stereocenters. The van der Waals surface area contributed by atoms with Gasteiger partial charge < -0.3 is 5.32 Å². The van der Waals surface area contributed by atoms with E-state index in [9.17, 15) is 9.59 Å². The number of aromatic nitrogens is 4. The van der Waals surface area contributed by atoms with Crippen molar-refractivity contribution in [1.29, 1.82) is 0 Å². The molecule has 3 rings (SSSR count). The highest BCUT2D eigenvalue weighted by atomic mass is 16.2. The zero-order valence-corrected chi connectivity index (χ0v) is 11.4. The van der Waals surface area contributed by atoms with E-state index in [2.05, 4.69) is 20.4 Å². The first kappa shape index (κ1) is 13.4. The van der Waals surface area contributed by atoms with E-state index in [1.54, 1.807) is 12.1 Å². The average Bonchev–Trinajstić information content (AvgIpc) is 3.35. The van der Waals surface area contributed by atoms with Crippen molar-refractivity contribution < 1.29 is 4.79 Å². The molecule has 0 aliphatic heterocycles. The van der Waals surface area contributed by atoms with Crippen LogP contribution in [0, 0.1) is 0 Å². The molecule has 0 bridgehead atoms. The van der Waals surface area contributed by atoms with E-state index in [1.807, 2.05) is 0 Å². The zero-order chi connectivity index (χ0) is 14.7. The fourth-order valence-electron chi connectivity index (χ4n) is 1.99. The highest BCUT2D eigenvalue weighted by Gasteiger charge is 2.25. The summed E-state index contributed by atoms with van der Waals surface area (Å²) in [7, 11) is 0. The minimum Gasteiger partial charge on any atom is -0.347 e. The molecule has 0 spiro atoms. The highest BCUT2D eigenvalue weighted by Crippen LogP contribution is 2.38. The van der Waals surface area contributed by atoms with Gasteiger partial charge >= 0.3 is 0 Å². The van der Waals surface area contributed by atoms with Crippen molar-refractivity contribution in [2.24, 2.45) is 0 Å². The van der Waals surface area contributed by atoms with Gasteiger partial charge in [0.1, 0.15) is 0 Å². The Morgan fingerprint density at radius 2 is 2.05 bits per heavy atom. The van der Waals surface area contributed by atoms with Crippen molar-refractivity contribution in [3.05, 3.63) is 52.5 Å². The molecule has 1 aliphatic rings. The lowest BCUT2D eigenvalue weighted by Crippen LogP contribution is -2.32. The minimum atomic E-state index is -0.359. The smallest absolute Gasteiger partial charge is 0.289 e. The third-order valence-electron chi connectivity index (χ3n) is 3.26. The number of amides is 1. The van der Waals surface area contributed by atoms with Gasteiger partial charge in [0.05, 0.1) is 12.2 Å². The normalized spacial score (nSPS) is 13.9. The van der Waals surface area contributed by atoms with Crippen LogP contribution in [0.25, 0.3) is 0 Å². The quantitative estimate of drug-likeness (QED) is 0.855. The Balaban J connectivity index is 1.59. The first-order valence-electron chi connectivity index (χ1n) is 6.87. The van der Waals surface area contributed by atoms with Crippen molar-refractivity contribution >= 4 is 5.91 Å². The summed E-state index contributed by atoms with van der Waals surface area (Å²) in [6.45, 7) is 0.635. The summed E-state index contributed by atoms with van der Waals surface area (Å²) in [6, 6.07) is 4.96. The van der Waals surface area contributed by atoms with Crippen LogP contribution < -0.4 is 10.9 Å². The molecule has 21 heavy (non-hydrogen) atoms. The van der Waals surface area contributed by atoms with Crippen molar-refractivity contribution in [2.45, 2.75) is 25.3 Å². The van der Waals surface area contributed by atoms with Crippen LogP contribution in [-0.4, -0.2) is 32.2 Å². The number of nitrogens with zero attached hydrogens (tertiary/aromatic N) is 4. The van der Waals surface area contributed by atoms with Crippen molar-refractivity contribution in [3.63, 3.8) is 0 Å². The molecule has 0 unspecified atom stereocenters. The monoisotopic (exact) mass is 285 g/mol. The molecule has 0 saturated heterocycles. The lowest BCUT2D eigenvalue weighted by atomic mass is 10.3. The van der Waals surface area contributed by atoms with Crippen LogP contribution in [-0.2, 0) is 6.54 Å². The number of hydrogen-bond acceptors (Lipinski definition) is 5. The van der Waals surface area contributed by atoms with Crippen molar-refractivity contribution in [2.75, 3.05) is 6.54 Å². The second-order valence-electron chi connectivity index (χ2n) is 4.92. The maximum atomic E-state index is 11.8. The minimum absolute atomic E-state index is 0.115. The summed E-state index contributed by atoms with van der Waals surface area (Å²) in [5.41, 5.74) is 0.789. The largest absolute Gasteiger partial charge is 0.347 e. The third kappa shape index (κ3) is 3.31. The van der Waals surface area contributed by atoms with E-state index in [1.165, 1.54) is 23.1 Å². The van der Waals surface area contributed by atoms with Gasteiger partial charge in [-0.05, 0) is 25.0 Å². The molecule has 1 saturated carbocycles. The molecule has 1 N–H and O–H groups in total. The zero-order valence-electron chi connectivity index (χ0n) is 11.4. The van der Waals surface area contributed by atoms with Crippen LogP contribution >= 0.6 is 0 Å². The van der Waals surface area contributed by atoms with Gasteiger partial charge in [-0.1, -0.05) is 0 Å². The number of carbonyl (C=O) groups excluding carboxylic acids is 1. The molecule has 2 heterocycles. The van der Waals surface area contributed by atoms with E-state index in [4.69, 9.17) is 0 Å². The molecular formula is C14H15N5O2. The molecular weight excluding hydrogens is 270 g/mol. The Labute approximate surface area is 121 Å². The van der Waals surface area contributed by atoms with Gasteiger partial charge in [-0.25, -0.2) is 14.6 Å². The Morgan fingerprint density at radius 3 is 2.76 bits per heavy atom. The van der Waals surface area contributed by atoms with Gasteiger partial charge in [-0.2, -0.15) is 5.10 Å². The standard InChI is InChI=1S/C14H15N5O2/c20-12-5-4-11(10-2-3-10)18-19(12)9-8-17-14(21)13-15-6-1-7-16-13/h1,4-7,10H,2-3,8-9H2,(H,17,21). The fourth-order valence-corrected chi connectivity index (χ4v) is 1.99. The summed E-state index contributed by atoms with van der Waals surface area (Å²) >= 11 is 0. The summed E-state index contributed by atoms with van der Waals surface area (Å²) in [4.78, 5) is 31.2. The lowest BCUT2D eigenvalue weighted by molar-refractivity contribution is 0.0941. The van der Waals surface area contributed by atoms with Crippen LogP contribution in [0.3, 0.4) is 0 Å². The Hall–Kier alpha value is -2.57. The second kappa shape index (κ2) is 5.82. The maximum absolute atomic E-state index is 11.8. The molecule has 1 amide bonds. The van der Waals surface area contributed by atoms with Gasteiger partial charge in [0, 0.05) is 30.9 Å². The number of hydrogen-bond donors (Lipinski definition) is 1. The van der Waals surface area contributed by atoms with E-state index in [-0.39, 0.29) is 17.3 Å². The molecule has 1 fully saturated rings. The molecule has 0 aromatic carbocycles. The van der Waals surface area contributed by atoms with Gasteiger partial charge in [0.25, 0.3) is 11.5 Å². The predicted molar refractivity (Wildman–Crippen MR) is 74.8 cm³/mol. The summed E-state index contributed by atoms with van der Waals surface area (Å²) in [5, 5.41) is 7.00. The number of rotatable bonds is 5. The molecule has 108 valence electrons. The molecule has 2 aromatic heterocycles. The average molecular weight is 285 g/mol. The van der Waals surface area contributed by atoms with Crippen LogP contribution in [0.4, 0.5) is 0 Å². The predicted octanol–water partition coefficient (Wildman–Crippen LogP) is 0.341. The second-order valence-corrected chi connectivity index (χ2v) is 4.92. The first-order chi connectivity index (χ1) is 10.2. The van der Waals surface area contributed by atoms with E-state index < -0.39 is 0 Å². The van der Waals surface area contributed by atoms with Gasteiger partial charge in [-0.15, -0.1) is 0 Å². The van der Waals surface area contributed by atoms with Crippen molar-refractivity contribution in [3.8, 4) is 0 Å². The Kier molecular flexibility index (Phi) is 3.72. The molecule has 2 aromatic rings. The Bertz CT molecular complexity index is 694. The summed E-state index contributed by atoms with van der Waals surface area (Å²) < 4.78 is 1.39. The van der Waals surface area contributed by atoms with Gasteiger partial charge in [0.2, 0.25) is 5.82 Å². The van der Waals surface area contributed by atoms with Crippen LogP contribution in [0.1, 0.15) is 35.1 Å². The lowest BCUT2D eigenvalue weighted by Gasteiger charge is -2.07. The third-order valence-corrected chi connectivity index (χ3v) is 3.26. The topological polar surface area (TPSA) is 89.8 Å². The van der Waals surface area contributed by atoms with Crippen LogP contribution in [0.2, 0.25) is 0 Å². The van der Waals surface area contributed by atoms with Crippen molar-refractivity contribution in [1.82, 2.24) is 25.1 Å². The fraction of sp³-hybridized carbons (Fsp3) is 0.357.